The molecule has 0 fully saturated rings. The minimum atomic E-state index is -5.64. The fourth-order valence-electron chi connectivity index (χ4n) is 0.992. The van der Waals surface area contributed by atoms with Crippen molar-refractivity contribution in [3.05, 3.63) is 20.3 Å². The first-order chi connectivity index (χ1) is 7.07. The molecule has 0 saturated carbocycles. The SMILES string of the molecule is Cc1cc(C(N)C(F)(F)C(F)(F)F)sc1Br. The highest BCUT2D eigenvalue weighted by atomic mass is 79.9. The number of hydrogen-bond donors (Lipinski definition) is 1. The van der Waals surface area contributed by atoms with Crippen molar-refractivity contribution >= 4 is 27.3 Å². The fourth-order valence-corrected chi connectivity index (χ4v) is 2.60. The summed E-state index contributed by atoms with van der Waals surface area (Å²) in [6.07, 6.45) is -5.64. The molecule has 0 aliphatic heterocycles. The van der Waals surface area contributed by atoms with Crippen LogP contribution in [-0.2, 0) is 0 Å². The van der Waals surface area contributed by atoms with Gasteiger partial charge in [-0.15, -0.1) is 11.3 Å². The van der Waals surface area contributed by atoms with Crippen LogP contribution in [-0.4, -0.2) is 12.1 Å². The molecule has 0 saturated heterocycles. The van der Waals surface area contributed by atoms with Gasteiger partial charge in [0, 0.05) is 4.88 Å². The number of hydrogen-bond acceptors (Lipinski definition) is 2. The Morgan fingerprint density at radius 1 is 1.31 bits per heavy atom. The maximum Gasteiger partial charge on any atom is 0.455 e. The number of aryl methyl sites for hydroxylation is 1. The van der Waals surface area contributed by atoms with Crippen LogP contribution < -0.4 is 5.73 Å². The molecule has 1 rings (SSSR count). The molecule has 8 heteroatoms. The second-order valence-corrected chi connectivity index (χ2v) is 5.61. The Bertz CT molecular complexity index is 367. The number of halogens is 6. The van der Waals surface area contributed by atoms with Crippen LogP contribution in [0.2, 0.25) is 0 Å². The zero-order valence-electron chi connectivity index (χ0n) is 7.91. The summed E-state index contributed by atoms with van der Waals surface area (Å²) in [6.45, 7) is 1.59. The summed E-state index contributed by atoms with van der Waals surface area (Å²) in [5.41, 5.74) is 5.54. The van der Waals surface area contributed by atoms with Crippen LogP contribution in [0.3, 0.4) is 0 Å². The Labute approximate surface area is 101 Å². The van der Waals surface area contributed by atoms with Crippen LogP contribution in [0.1, 0.15) is 16.5 Å². The van der Waals surface area contributed by atoms with Gasteiger partial charge in [-0.3, -0.25) is 0 Å². The van der Waals surface area contributed by atoms with Gasteiger partial charge in [0.25, 0.3) is 0 Å². The Hall–Kier alpha value is -0.210. The molecule has 1 atom stereocenters. The van der Waals surface area contributed by atoms with Gasteiger partial charge in [0.15, 0.2) is 0 Å². The maximum absolute atomic E-state index is 12.9. The van der Waals surface area contributed by atoms with Gasteiger partial charge in [-0.05, 0) is 34.5 Å². The molecule has 0 spiro atoms. The van der Waals surface area contributed by atoms with E-state index >= 15 is 0 Å². The van der Waals surface area contributed by atoms with Gasteiger partial charge in [-0.1, -0.05) is 0 Å². The molecule has 1 nitrogen and oxygen atoms in total. The van der Waals surface area contributed by atoms with Crippen LogP contribution in [0.4, 0.5) is 22.0 Å². The van der Waals surface area contributed by atoms with E-state index in [0.29, 0.717) is 9.35 Å². The number of rotatable bonds is 2. The maximum atomic E-state index is 12.9. The van der Waals surface area contributed by atoms with Crippen LogP contribution >= 0.6 is 27.3 Å². The summed E-state index contributed by atoms with van der Waals surface area (Å²) in [6, 6.07) is -1.15. The molecule has 1 aromatic rings. The van der Waals surface area contributed by atoms with Gasteiger partial charge in [0.05, 0.1) is 3.79 Å². The molecule has 92 valence electrons. The average Bonchev–Trinajstić information content (AvgIpc) is 2.43. The van der Waals surface area contributed by atoms with E-state index in [1.807, 2.05) is 0 Å². The van der Waals surface area contributed by atoms with Gasteiger partial charge < -0.3 is 5.73 Å². The predicted molar refractivity (Wildman–Crippen MR) is 54.7 cm³/mol. The van der Waals surface area contributed by atoms with Gasteiger partial charge in [0.1, 0.15) is 6.04 Å². The highest BCUT2D eigenvalue weighted by molar-refractivity contribution is 9.11. The highest BCUT2D eigenvalue weighted by Crippen LogP contribution is 2.45. The van der Waals surface area contributed by atoms with Crippen LogP contribution in [0, 0.1) is 6.92 Å². The molecule has 0 aliphatic rings. The topological polar surface area (TPSA) is 26.0 Å². The van der Waals surface area contributed by atoms with Crippen molar-refractivity contribution in [3.8, 4) is 0 Å². The first kappa shape index (κ1) is 13.9. The summed E-state index contributed by atoms with van der Waals surface area (Å²) < 4.78 is 62.4. The van der Waals surface area contributed by atoms with E-state index in [0.717, 1.165) is 11.3 Å². The minimum Gasteiger partial charge on any atom is -0.318 e. The molecule has 0 bridgehead atoms. The molecular weight excluding hydrogens is 317 g/mol. The van der Waals surface area contributed by atoms with E-state index in [1.54, 1.807) is 6.92 Å². The number of alkyl halides is 5. The molecule has 2 N–H and O–H groups in total. The van der Waals surface area contributed by atoms with E-state index in [4.69, 9.17) is 5.73 Å². The molecule has 0 aromatic carbocycles. The molecular formula is C8H7BrF5NS. The first-order valence-electron chi connectivity index (χ1n) is 4.03. The highest BCUT2D eigenvalue weighted by Gasteiger charge is 2.62. The number of thiophene rings is 1. The van der Waals surface area contributed by atoms with Crippen molar-refractivity contribution in [2.24, 2.45) is 5.73 Å². The summed E-state index contributed by atoms with van der Waals surface area (Å²) in [4.78, 5) is -0.202. The summed E-state index contributed by atoms with van der Waals surface area (Å²) in [5, 5.41) is 0. The van der Waals surface area contributed by atoms with E-state index in [9.17, 15) is 22.0 Å². The molecule has 16 heavy (non-hydrogen) atoms. The third-order valence-electron chi connectivity index (χ3n) is 1.95. The van der Waals surface area contributed by atoms with Crippen molar-refractivity contribution in [2.75, 3.05) is 0 Å². The smallest absolute Gasteiger partial charge is 0.318 e. The zero-order chi connectivity index (χ0) is 12.7. The first-order valence-corrected chi connectivity index (χ1v) is 5.64. The third-order valence-corrected chi connectivity index (χ3v) is 4.17. The molecule has 0 radical (unpaired) electrons. The molecule has 1 aromatic heterocycles. The van der Waals surface area contributed by atoms with Crippen molar-refractivity contribution in [1.29, 1.82) is 0 Å². The molecule has 0 amide bonds. The summed E-state index contributed by atoms with van der Waals surface area (Å²) >= 11 is 3.82. The minimum absolute atomic E-state index is 0.202. The van der Waals surface area contributed by atoms with E-state index in [1.165, 1.54) is 6.07 Å². The van der Waals surface area contributed by atoms with Crippen molar-refractivity contribution in [2.45, 2.75) is 25.1 Å². The monoisotopic (exact) mass is 323 g/mol. The molecule has 1 unspecified atom stereocenters. The molecule has 1 heterocycles. The van der Waals surface area contributed by atoms with E-state index in [-0.39, 0.29) is 4.88 Å². The summed E-state index contributed by atoms with van der Waals surface area (Å²) in [7, 11) is 0. The van der Waals surface area contributed by atoms with Crippen molar-refractivity contribution in [1.82, 2.24) is 0 Å². The van der Waals surface area contributed by atoms with Crippen LogP contribution in [0.15, 0.2) is 9.85 Å². The lowest BCUT2D eigenvalue weighted by molar-refractivity contribution is -0.290. The van der Waals surface area contributed by atoms with Gasteiger partial charge >= 0.3 is 12.1 Å². The van der Waals surface area contributed by atoms with Gasteiger partial charge in [-0.2, -0.15) is 22.0 Å². The lowest BCUT2D eigenvalue weighted by Crippen LogP contribution is -2.45. The van der Waals surface area contributed by atoms with Crippen molar-refractivity contribution < 1.29 is 22.0 Å². The largest absolute Gasteiger partial charge is 0.455 e. The second-order valence-electron chi connectivity index (χ2n) is 3.20. The van der Waals surface area contributed by atoms with Crippen molar-refractivity contribution in [3.63, 3.8) is 0 Å². The second kappa shape index (κ2) is 4.23. The third kappa shape index (κ3) is 2.38. The Balaban J connectivity index is 3.07. The Morgan fingerprint density at radius 2 is 1.81 bits per heavy atom. The molecule has 0 aliphatic carbocycles. The fraction of sp³-hybridized carbons (Fsp3) is 0.500. The Kier molecular flexibility index (Phi) is 3.66. The average molecular weight is 324 g/mol. The zero-order valence-corrected chi connectivity index (χ0v) is 10.3. The van der Waals surface area contributed by atoms with Crippen LogP contribution in [0.5, 0.6) is 0 Å². The van der Waals surface area contributed by atoms with Gasteiger partial charge in [0.2, 0.25) is 0 Å². The lowest BCUT2D eigenvalue weighted by Gasteiger charge is -2.24. The predicted octanol–water partition coefficient (Wildman–Crippen LogP) is 4.02. The van der Waals surface area contributed by atoms with Crippen LogP contribution in [0.25, 0.3) is 0 Å². The Morgan fingerprint density at radius 3 is 2.12 bits per heavy atom. The number of nitrogens with two attached hydrogens (primary N) is 1. The van der Waals surface area contributed by atoms with E-state index < -0.39 is 18.1 Å². The standard InChI is InChI=1S/C8H7BrF5NS/c1-3-2-4(16-6(3)9)5(15)7(10,11)8(12,13)14/h2,5H,15H2,1H3. The quantitative estimate of drug-likeness (QED) is 0.817. The van der Waals surface area contributed by atoms with E-state index in [2.05, 4.69) is 15.9 Å². The van der Waals surface area contributed by atoms with Gasteiger partial charge in [-0.25, -0.2) is 0 Å². The lowest BCUT2D eigenvalue weighted by atomic mass is 10.1. The normalized spacial score (nSPS) is 15.2. The summed E-state index contributed by atoms with van der Waals surface area (Å²) in [5.74, 6) is -4.93.